The van der Waals surface area contributed by atoms with Gasteiger partial charge >= 0.3 is 5.97 Å². The van der Waals surface area contributed by atoms with Crippen molar-refractivity contribution in [1.29, 1.82) is 0 Å². The molecule has 1 heterocycles. The fraction of sp³-hybridized carbons (Fsp3) is 0.417. The van der Waals surface area contributed by atoms with Gasteiger partial charge in [0.1, 0.15) is 11.4 Å². The molecule has 0 fully saturated rings. The smallest absolute Gasteiger partial charge is 0.337 e. The molecule has 0 saturated heterocycles. The zero-order valence-electron chi connectivity index (χ0n) is 9.46. The maximum Gasteiger partial charge on any atom is 0.337 e. The number of esters is 1. The lowest BCUT2D eigenvalue weighted by Gasteiger charge is -2.17. The van der Waals surface area contributed by atoms with Gasteiger partial charge in [0.25, 0.3) is 0 Å². The first kappa shape index (κ1) is 11.5. The highest BCUT2D eigenvalue weighted by Crippen LogP contribution is 2.41. The van der Waals surface area contributed by atoms with Crippen LogP contribution in [0.3, 0.4) is 0 Å². The first-order chi connectivity index (χ1) is 7.43. The van der Waals surface area contributed by atoms with Crippen LogP contribution in [0.25, 0.3) is 0 Å². The van der Waals surface area contributed by atoms with E-state index in [1.165, 1.54) is 7.11 Å². The third-order valence-corrected chi connectivity index (χ3v) is 3.13. The lowest BCUT2D eigenvalue weighted by atomic mass is 10.0. The van der Waals surface area contributed by atoms with Gasteiger partial charge in [0.2, 0.25) is 0 Å². The van der Waals surface area contributed by atoms with Gasteiger partial charge in [0.05, 0.1) is 17.1 Å². The predicted molar refractivity (Wildman–Crippen MR) is 63.9 cm³/mol. The number of benzene rings is 1. The van der Waals surface area contributed by atoms with E-state index >= 15 is 0 Å². The summed E-state index contributed by atoms with van der Waals surface area (Å²) in [6, 6.07) is 3.56. The molecule has 0 radical (unpaired) electrons. The minimum atomic E-state index is -0.326. The SMILES string of the molecule is COC(=O)c1cc(Br)c2c(c1)CC(C)(C)O2. The highest BCUT2D eigenvalue weighted by molar-refractivity contribution is 9.10. The second-order valence-corrected chi connectivity index (χ2v) is 5.33. The van der Waals surface area contributed by atoms with Gasteiger partial charge in [-0.05, 0) is 41.9 Å². The highest BCUT2D eigenvalue weighted by atomic mass is 79.9. The molecular weight excluding hydrogens is 272 g/mol. The van der Waals surface area contributed by atoms with E-state index in [0.29, 0.717) is 5.56 Å². The Balaban J connectivity index is 2.46. The van der Waals surface area contributed by atoms with Gasteiger partial charge in [-0.3, -0.25) is 0 Å². The largest absolute Gasteiger partial charge is 0.486 e. The van der Waals surface area contributed by atoms with Crippen molar-refractivity contribution >= 4 is 21.9 Å². The summed E-state index contributed by atoms with van der Waals surface area (Å²) < 4.78 is 11.3. The Labute approximate surface area is 103 Å². The van der Waals surface area contributed by atoms with Crippen LogP contribution >= 0.6 is 15.9 Å². The molecule has 0 N–H and O–H groups in total. The third kappa shape index (κ3) is 1.94. The number of ether oxygens (including phenoxy) is 2. The number of hydrogen-bond acceptors (Lipinski definition) is 3. The van der Waals surface area contributed by atoms with Crippen molar-refractivity contribution in [1.82, 2.24) is 0 Å². The second kappa shape index (κ2) is 3.77. The molecule has 2 rings (SSSR count). The van der Waals surface area contributed by atoms with E-state index in [-0.39, 0.29) is 11.6 Å². The maximum absolute atomic E-state index is 11.4. The first-order valence-electron chi connectivity index (χ1n) is 5.03. The van der Waals surface area contributed by atoms with Crippen LogP contribution in [-0.4, -0.2) is 18.7 Å². The monoisotopic (exact) mass is 284 g/mol. The Morgan fingerprint density at radius 2 is 2.19 bits per heavy atom. The molecular formula is C12H13BrO3. The van der Waals surface area contributed by atoms with E-state index in [1.54, 1.807) is 6.07 Å². The number of carbonyl (C=O) groups excluding carboxylic acids is 1. The number of rotatable bonds is 1. The van der Waals surface area contributed by atoms with Crippen LogP contribution in [0, 0.1) is 0 Å². The molecule has 0 saturated carbocycles. The number of methoxy groups -OCH3 is 1. The Hall–Kier alpha value is -1.03. The number of halogens is 1. The normalized spacial score (nSPS) is 16.5. The highest BCUT2D eigenvalue weighted by Gasteiger charge is 2.32. The molecule has 0 atom stereocenters. The summed E-state index contributed by atoms with van der Waals surface area (Å²) in [6.07, 6.45) is 0.797. The summed E-state index contributed by atoms with van der Waals surface area (Å²) in [4.78, 5) is 11.4. The Bertz CT molecular complexity index is 452. The van der Waals surface area contributed by atoms with Gasteiger partial charge in [-0.25, -0.2) is 4.79 Å². The minimum absolute atomic E-state index is 0.209. The van der Waals surface area contributed by atoms with Crippen molar-refractivity contribution < 1.29 is 14.3 Å². The van der Waals surface area contributed by atoms with Crippen molar-refractivity contribution in [2.75, 3.05) is 7.11 Å². The molecule has 0 aliphatic carbocycles. The van der Waals surface area contributed by atoms with Gasteiger partial charge in [-0.15, -0.1) is 0 Å². The lowest BCUT2D eigenvalue weighted by Crippen LogP contribution is -2.24. The van der Waals surface area contributed by atoms with Gasteiger partial charge in [-0.2, -0.15) is 0 Å². The fourth-order valence-corrected chi connectivity index (χ4v) is 2.48. The summed E-state index contributed by atoms with van der Waals surface area (Å²) in [7, 11) is 1.38. The average Bonchev–Trinajstić information content (AvgIpc) is 2.52. The Morgan fingerprint density at radius 3 is 2.81 bits per heavy atom. The lowest BCUT2D eigenvalue weighted by molar-refractivity contribution is 0.0600. The van der Waals surface area contributed by atoms with Gasteiger partial charge in [-0.1, -0.05) is 0 Å². The number of carbonyl (C=O) groups is 1. The summed E-state index contributed by atoms with van der Waals surface area (Å²) in [6.45, 7) is 4.05. The van der Waals surface area contributed by atoms with E-state index in [4.69, 9.17) is 9.47 Å². The standard InChI is InChI=1S/C12H13BrO3/c1-12(2)6-8-4-7(11(14)15-3)5-9(13)10(8)16-12/h4-5H,6H2,1-3H3. The van der Waals surface area contributed by atoms with Gasteiger partial charge < -0.3 is 9.47 Å². The minimum Gasteiger partial charge on any atom is -0.486 e. The molecule has 1 aliphatic heterocycles. The molecule has 0 amide bonds. The summed E-state index contributed by atoms with van der Waals surface area (Å²) in [5.41, 5.74) is 1.38. The zero-order chi connectivity index (χ0) is 11.9. The molecule has 86 valence electrons. The average molecular weight is 285 g/mol. The predicted octanol–water partition coefficient (Wildman–Crippen LogP) is 2.95. The third-order valence-electron chi connectivity index (χ3n) is 2.54. The second-order valence-electron chi connectivity index (χ2n) is 4.48. The molecule has 1 aromatic rings. The van der Waals surface area contributed by atoms with Crippen molar-refractivity contribution in [3.8, 4) is 5.75 Å². The number of fused-ring (bicyclic) bond motifs is 1. The van der Waals surface area contributed by atoms with Crippen LogP contribution < -0.4 is 4.74 Å². The summed E-state index contributed by atoms with van der Waals surface area (Å²) >= 11 is 3.41. The topological polar surface area (TPSA) is 35.5 Å². The van der Waals surface area contributed by atoms with Crippen LogP contribution in [-0.2, 0) is 11.2 Å². The zero-order valence-corrected chi connectivity index (χ0v) is 11.1. The molecule has 0 aromatic heterocycles. The molecule has 1 aliphatic rings. The van der Waals surface area contributed by atoms with E-state index in [9.17, 15) is 4.79 Å². The van der Waals surface area contributed by atoms with Gasteiger partial charge in [0.15, 0.2) is 0 Å². The molecule has 0 bridgehead atoms. The van der Waals surface area contributed by atoms with E-state index in [0.717, 1.165) is 22.2 Å². The van der Waals surface area contributed by atoms with E-state index < -0.39 is 0 Å². The molecule has 0 spiro atoms. The van der Waals surface area contributed by atoms with Crippen LogP contribution in [0.15, 0.2) is 16.6 Å². The van der Waals surface area contributed by atoms with Crippen LogP contribution in [0.1, 0.15) is 29.8 Å². The van der Waals surface area contributed by atoms with Gasteiger partial charge in [0, 0.05) is 12.0 Å². The summed E-state index contributed by atoms with van der Waals surface area (Å²) in [5, 5.41) is 0. The van der Waals surface area contributed by atoms with Crippen molar-refractivity contribution in [3.63, 3.8) is 0 Å². The fourth-order valence-electron chi connectivity index (χ4n) is 1.90. The van der Waals surface area contributed by atoms with Crippen molar-refractivity contribution in [2.45, 2.75) is 25.9 Å². The first-order valence-corrected chi connectivity index (χ1v) is 5.82. The van der Waals surface area contributed by atoms with E-state index in [2.05, 4.69) is 15.9 Å². The molecule has 1 aromatic carbocycles. The quantitative estimate of drug-likeness (QED) is 0.744. The molecule has 16 heavy (non-hydrogen) atoms. The van der Waals surface area contributed by atoms with Crippen LogP contribution in [0.5, 0.6) is 5.75 Å². The van der Waals surface area contributed by atoms with Crippen molar-refractivity contribution in [3.05, 3.63) is 27.7 Å². The molecule has 3 nitrogen and oxygen atoms in total. The van der Waals surface area contributed by atoms with Crippen LogP contribution in [0.2, 0.25) is 0 Å². The number of hydrogen-bond donors (Lipinski definition) is 0. The Morgan fingerprint density at radius 1 is 1.50 bits per heavy atom. The van der Waals surface area contributed by atoms with Crippen molar-refractivity contribution in [2.24, 2.45) is 0 Å². The molecule has 4 heteroatoms. The van der Waals surface area contributed by atoms with E-state index in [1.807, 2.05) is 19.9 Å². The summed E-state index contributed by atoms with van der Waals surface area (Å²) in [5.74, 6) is 0.505. The maximum atomic E-state index is 11.4. The van der Waals surface area contributed by atoms with Crippen LogP contribution in [0.4, 0.5) is 0 Å². The Kier molecular flexibility index (Phi) is 2.70. The molecule has 0 unspecified atom stereocenters.